The standard InChI is InChI=1S/C8H10Br2N4S/c1-2-3-11-8(15)14-7-6(10)13-5(9)4-12-7/h4H,2-3H2,1H3,(H2,11,12,14,15). The molecule has 82 valence electrons. The Morgan fingerprint density at radius 1 is 1.53 bits per heavy atom. The minimum Gasteiger partial charge on any atom is -0.362 e. The molecule has 0 saturated heterocycles. The average Bonchev–Trinajstić information content (AvgIpc) is 2.19. The van der Waals surface area contributed by atoms with Crippen LogP contribution in [0.2, 0.25) is 0 Å². The number of anilines is 1. The van der Waals surface area contributed by atoms with E-state index in [0.29, 0.717) is 20.1 Å². The maximum Gasteiger partial charge on any atom is 0.172 e. The fourth-order valence-electron chi connectivity index (χ4n) is 0.821. The summed E-state index contributed by atoms with van der Waals surface area (Å²) in [6.07, 6.45) is 2.63. The second kappa shape index (κ2) is 6.34. The number of hydrogen-bond donors (Lipinski definition) is 2. The molecule has 7 heteroatoms. The largest absolute Gasteiger partial charge is 0.362 e. The van der Waals surface area contributed by atoms with Crippen LogP contribution >= 0.6 is 44.1 Å². The number of rotatable bonds is 3. The lowest BCUT2D eigenvalue weighted by atomic mass is 10.5. The van der Waals surface area contributed by atoms with Crippen LogP contribution in [-0.2, 0) is 0 Å². The first-order chi connectivity index (χ1) is 7.13. The highest BCUT2D eigenvalue weighted by Gasteiger charge is 2.04. The van der Waals surface area contributed by atoms with Gasteiger partial charge in [0.25, 0.3) is 0 Å². The Morgan fingerprint density at radius 2 is 2.27 bits per heavy atom. The summed E-state index contributed by atoms with van der Waals surface area (Å²) < 4.78 is 1.30. The van der Waals surface area contributed by atoms with Crippen LogP contribution < -0.4 is 10.6 Å². The summed E-state index contributed by atoms with van der Waals surface area (Å²) >= 11 is 11.6. The molecule has 0 bridgehead atoms. The summed E-state index contributed by atoms with van der Waals surface area (Å²) in [5.74, 6) is 0.604. The van der Waals surface area contributed by atoms with E-state index in [-0.39, 0.29) is 0 Å². The molecular weight excluding hydrogens is 344 g/mol. The van der Waals surface area contributed by atoms with Crippen molar-refractivity contribution in [2.24, 2.45) is 0 Å². The van der Waals surface area contributed by atoms with Crippen molar-refractivity contribution in [3.63, 3.8) is 0 Å². The molecule has 4 nitrogen and oxygen atoms in total. The van der Waals surface area contributed by atoms with Crippen LogP contribution in [0.3, 0.4) is 0 Å². The molecule has 0 aliphatic heterocycles. The second-order valence-corrected chi connectivity index (χ2v) is 4.68. The van der Waals surface area contributed by atoms with Crippen molar-refractivity contribution < 1.29 is 0 Å². The fraction of sp³-hybridized carbons (Fsp3) is 0.375. The van der Waals surface area contributed by atoms with Crippen molar-refractivity contribution in [3.8, 4) is 0 Å². The zero-order valence-corrected chi connectivity index (χ0v) is 12.0. The predicted octanol–water partition coefficient (Wildman–Crippen LogP) is 2.70. The molecule has 1 heterocycles. The Bertz CT molecular complexity index is 358. The minimum atomic E-state index is 0.550. The van der Waals surface area contributed by atoms with Crippen LogP contribution in [0.1, 0.15) is 13.3 Å². The normalized spacial score (nSPS) is 9.80. The molecule has 1 aromatic heterocycles. The van der Waals surface area contributed by atoms with E-state index < -0.39 is 0 Å². The first kappa shape index (κ1) is 12.8. The summed E-state index contributed by atoms with van der Waals surface area (Å²) in [6.45, 7) is 2.92. The first-order valence-electron chi connectivity index (χ1n) is 4.36. The maximum absolute atomic E-state index is 5.07. The van der Waals surface area contributed by atoms with Crippen molar-refractivity contribution in [3.05, 3.63) is 15.4 Å². The van der Waals surface area contributed by atoms with Gasteiger partial charge >= 0.3 is 0 Å². The third-order valence-electron chi connectivity index (χ3n) is 1.47. The Balaban J connectivity index is 2.60. The smallest absolute Gasteiger partial charge is 0.172 e. The number of hydrogen-bond acceptors (Lipinski definition) is 3. The Kier molecular flexibility index (Phi) is 5.41. The Hall–Kier alpha value is -0.270. The molecule has 15 heavy (non-hydrogen) atoms. The van der Waals surface area contributed by atoms with Crippen molar-refractivity contribution >= 4 is 55.0 Å². The van der Waals surface area contributed by atoms with Gasteiger partial charge in [0.05, 0.1) is 6.20 Å². The van der Waals surface area contributed by atoms with Gasteiger partial charge in [-0.3, -0.25) is 0 Å². The van der Waals surface area contributed by atoms with Crippen LogP contribution in [0.4, 0.5) is 5.82 Å². The van der Waals surface area contributed by atoms with E-state index in [4.69, 9.17) is 12.2 Å². The Morgan fingerprint density at radius 3 is 2.87 bits per heavy atom. The van der Waals surface area contributed by atoms with Crippen LogP contribution in [-0.4, -0.2) is 21.6 Å². The minimum absolute atomic E-state index is 0.550. The lowest BCUT2D eigenvalue weighted by molar-refractivity contribution is 0.846. The third-order valence-corrected chi connectivity index (χ3v) is 2.65. The highest BCUT2D eigenvalue weighted by Crippen LogP contribution is 2.18. The number of thiocarbonyl (C=S) groups is 1. The van der Waals surface area contributed by atoms with Crippen LogP contribution in [0, 0.1) is 0 Å². The molecule has 0 aromatic carbocycles. The van der Waals surface area contributed by atoms with Crippen molar-refractivity contribution in [2.75, 3.05) is 11.9 Å². The molecule has 0 unspecified atom stereocenters. The third kappa shape index (κ3) is 4.40. The van der Waals surface area contributed by atoms with Crippen molar-refractivity contribution in [2.45, 2.75) is 13.3 Å². The van der Waals surface area contributed by atoms with Crippen LogP contribution in [0.5, 0.6) is 0 Å². The maximum atomic E-state index is 5.07. The highest BCUT2D eigenvalue weighted by molar-refractivity contribution is 9.11. The average molecular weight is 354 g/mol. The lowest BCUT2D eigenvalue weighted by Crippen LogP contribution is -2.29. The summed E-state index contributed by atoms with van der Waals surface area (Å²) in [4.78, 5) is 8.26. The molecular formula is C8H10Br2N4S. The lowest BCUT2D eigenvalue weighted by Gasteiger charge is -2.09. The molecule has 0 aliphatic carbocycles. The molecule has 1 rings (SSSR count). The molecule has 0 amide bonds. The number of nitrogens with zero attached hydrogens (tertiary/aromatic N) is 2. The zero-order chi connectivity index (χ0) is 11.3. The van der Waals surface area contributed by atoms with Gasteiger partial charge in [-0.25, -0.2) is 9.97 Å². The monoisotopic (exact) mass is 352 g/mol. The molecule has 1 aromatic rings. The first-order valence-corrected chi connectivity index (χ1v) is 6.35. The van der Waals surface area contributed by atoms with E-state index in [1.807, 2.05) is 0 Å². The number of halogens is 2. The van der Waals surface area contributed by atoms with Gasteiger partial charge in [0.2, 0.25) is 0 Å². The van der Waals surface area contributed by atoms with Gasteiger partial charge in [0.15, 0.2) is 10.9 Å². The fourth-order valence-corrected chi connectivity index (χ4v) is 1.93. The van der Waals surface area contributed by atoms with Gasteiger partial charge in [-0.2, -0.15) is 0 Å². The summed E-state index contributed by atoms with van der Waals surface area (Å²) in [5, 5.41) is 6.54. The van der Waals surface area contributed by atoms with Gasteiger partial charge in [-0.05, 0) is 50.5 Å². The molecule has 2 N–H and O–H groups in total. The van der Waals surface area contributed by atoms with Crippen LogP contribution in [0.15, 0.2) is 15.4 Å². The van der Waals surface area contributed by atoms with E-state index in [1.165, 1.54) is 0 Å². The van der Waals surface area contributed by atoms with Crippen LogP contribution in [0.25, 0.3) is 0 Å². The second-order valence-electron chi connectivity index (χ2n) is 2.71. The summed E-state index contributed by atoms with van der Waals surface area (Å²) in [6, 6.07) is 0. The molecule has 0 spiro atoms. The van der Waals surface area contributed by atoms with E-state index >= 15 is 0 Å². The SMILES string of the molecule is CCCNC(=S)Nc1ncc(Br)nc1Br. The number of nitrogens with one attached hydrogen (secondary N) is 2. The van der Waals surface area contributed by atoms with E-state index in [9.17, 15) is 0 Å². The topological polar surface area (TPSA) is 49.8 Å². The highest BCUT2D eigenvalue weighted by atomic mass is 79.9. The zero-order valence-electron chi connectivity index (χ0n) is 8.05. The van der Waals surface area contributed by atoms with E-state index in [0.717, 1.165) is 13.0 Å². The van der Waals surface area contributed by atoms with Crippen molar-refractivity contribution in [1.82, 2.24) is 15.3 Å². The number of aromatic nitrogens is 2. The predicted molar refractivity (Wildman–Crippen MR) is 71.9 cm³/mol. The van der Waals surface area contributed by atoms with E-state index in [2.05, 4.69) is 59.4 Å². The molecule has 0 radical (unpaired) electrons. The van der Waals surface area contributed by atoms with Gasteiger partial charge in [-0.1, -0.05) is 6.92 Å². The molecule has 0 fully saturated rings. The van der Waals surface area contributed by atoms with E-state index in [1.54, 1.807) is 6.20 Å². The molecule has 0 atom stereocenters. The summed E-state index contributed by atoms with van der Waals surface area (Å²) in [7, 11) is 0. The molecule has 0 aliphatic rings. The Labute approximate surface area is 111 Å². The van der Waals surface area contributed by atoms with Gasteiger partial charge in [0.1, 0.15) is 9.21 Å². The van der Waals surface area contributed by atoms with Gasteiger partial charge in [-0.15, -0.1) is 0 Å². The van der Waals surface area contributed by atoms with Gasteiger partial charge < -0.3 is 10.6 Å². The van der Waals surface area contributed by atoms with Crippen molar-refractivity contribution in [1.29, 1.82) is 0 Å². The quantitative estimate of drug-likeness (QED) is 0.818. The summed E-state index contributed by atoms with van der Waals surface area (Å²) in [5.41, 5.74) is 0. The molecule has 0 saturated carbocycles. The van der Waals surface area contributed by atoms with Gasteiger partial charge in [0, 0.05) is 6.54 Å².